The van der Waals surface area contributed by atoms with E-state index in [4.69, 9.17) is 21.4 Å². The number of ether oxygens (including phenoxy) is 1. The van der Waals surface area contributed by atoms with E-state index in [9.17, 15) is 0 Å². The Labute approximate surface area is 148 Å². The normalized spacial score (nSPS) is 12.1. The summed E-state index contributed by atoms with van der Waals surface area (Å²) in [5.74, 6) is 0.854. The molecular formula is C19H25ClN2O2. The Morgan fingerprint density at radius 3 is 2.25 bits per heavy atom. The van der Waals surface area contributed by atoms with Crippen molar-refractivity contribution in [2.45, 2.75) is 26.2 Å². The van der Waals surface area contributed by atoms with Crippen LogP contribution in [0.4, 0.5) is 0 Å². The van der Waals surface area contributed by atoms with Crippen molar-refractivity contribution in [1.82, 2.24) is 10.6 Å². The van der Waals surface area contributed by atoms with Crippen LogP contribution in [0.3, 0.4) is 0 Å². The van der Waals surface area contributed by atoms with Crippen LogP contribution in [0.15, 0.2) is 48.5 Å². The first-order valence-corrected chi connectivity index (χ1v) is 8.57. The molecule has 0 fully saturated rings. The lowest BCUT2D eigenvalue weighted by atomic mass is 10.2. The molecular weight excluding hydrogens is 324 g/mol. The largest absolute Gasteiger partial charge is 0.489 e. The highest BCUT2D eigenvalue weighted by Gasteiger charge is 1.98. The summed E-state index contributed by atoms with van der Waals surface area (Å²) < 4.78 is 5.77. The van der Waals surface area contributed by atoms with Crippen LogP contribution < -0.4 is 15.4 Å². The third-order valence-electron chi connectivity index (χ3n) is 3.49. The maximum absolute atomic E-state index is 9.14. The number of hydrogen-bond acceptors (Lipinski definition) is 4. The SMILES string of the molecule is C[C@@H](O)CNCCNCc1ccc(OCc2ccc(Cl)cc2)cc1. The smallest absolute Gasteiger partial charge is 0.119 e. The molecule has 5 heteroatoms. The summed E-state index contributed by atoms with van der Waals surface area (Å²) in [5.41, 5.74) is 2.30. The first kappa shape index (κ1) is 18.7. The van der Waals surface area contributed by atoms with Crippen molar-refractivity contribution in [3.8, 4) is 5.75 Å². The Balaban J connectivity index is 1.66. The van der Waals surface area contributed by atoms with Gasteiger partial charge >= 0.3 is 0 Å². The van der Waals surface area contributed by atoms with Crippen molar-refractivity contribution in [3.05, 3.63) is 64.7 Å². The molecule has 2 aromatic carbocycles. The van der Waals surface area contributed by atoms with E-state index < -0.39 is 0 Å². The molecule has 0 saturated heterocycles. The molecule has 2 aromatic rings. The first-order valence-electron chi connectivity index (χ1n) is 8.19. The van der Waals surface area contributed by atoms with E-state index in [0.29, 0.717) is 13.2 Å². The number of hydrogen-bond donors (Lipinski definition) is 3. The van der Waals surface area contributed by atoms with Crippen molar-refractivity contribution in [2.24, 2.45) is 0 Å². The van der Waals surface area contributed by atoms with Crippen LogP contribution in [0.25, 0.3) is 0 Å². The lowest BCUT2D eigenvalue weighted by Gasteiger charge is -2.09. The van der Waals surface area contributed by atoms with Gasteiger partial charge in [0.15, 0.2) is 0 Å². The second-order valence-electron chi connectivity index (χ2n) is 5.79. The predicted octanol–water partition coefficient (Wildman–Crippen LogP) is 2.98. The zero-order chi connectivity index (χ0) is 17.2. The maximum Gasteiger partial charge on any atom is 0.119 e. The highest BCUT2D eigenvalue weighted by molar-refractivity contribution is 6.30. The Bertz CT molecular complexity index is 585. The van der Waals surface area contributed by atoms with Gasteiger partial charge in [-0.25, -0.2) is 0 Å². The summed E-state index contributed by atoms with van der Waals surface area (Å²) in [6.45, 7) is 5.45. The van der Waals surface area contributed by atoms with Crippen LogP contribution in [0.1, 0.15) is 18.1 Å². The summed E-state index contributed by atoms with van der Waals surface area (Å²) in [5, 5.41) is 16.4. The second kappa shape index (κ2) is 10.3. The van der Waals surface area contributed by atoms with Crippen molar-refractivity contribution >= 4 is 11.6 Å². The molecule has 0 aliphatic carbocycles. The number of aliphatic hydroxyl groups is 1. The van der Waals surface area contributed by atoms with Gasteiger partial charge in [-0.05, 0) is 42.3 Å². The number of aliphatic hydroxyl groups excluding tert-OH is 1. The van der Waals surface area contributed by atoms with Crippen LogP contribution in [0.5, 0.6) is 5.75 Å². The zero-order valence-corrected chi connectivity index (χ0v) is 14.7. The second-order valence-corrected chi connectivity index (χ2v) is 6.23. The molecule has 0 aromatic heterocycles. The average molecular weight is 349 g/mol. The Morgan fingerprint density at radius 2 is 1.58 bits per heavy atom. The first-order chi connectivity index (χ1) is 11.6. The van der Waals surface area contributed by atoms with Gasteiger partial charge in [0.05, 0.1) is 6.10 Å². The van der Waals surface area contributed by atoms with Gasteiger partial charge in [0, 0.05) is 31.2 Å². The highest BCUT2D eigenvalue weighted by Crippen LogP contribution is 2.15. The van der Waals surface area contributed by atoms with Crippen LogP contribution in [-0.4, -0.2) is 30.8 Å². The lowest BCUT2D eigenvalue weighted by Crippen LogP contribution is -2.31. The fraction of sp³-hybridized carbons (Fsp3) is 0.368. The molecule has 0 amide bonds. The van der Waals surface area contributed by atoms with E-state index in [1.165, 1.54) is 5.56 Å². The average Bonchev–Trinajstić information content (AvgIpc) is 2.58. The molecule has 0 unspecified atom stereocenters. The predicted molar refractivity (Wildman–Crippen MR) is 98.5 cm³/mol. The molecule has 0 radical (unpaired) electrons. The van der Waals surface area contributed by atoms with Gasteiger partial charge < -0.3 is 20.5 Å². The minimum Gasteiger partial charge on any atom is -0.489 e. The Kier molecular flexibility index (Phi) is 8.05. The van der Waals surface area contributed by atoms with Crippen molar-refractivity contribution in [1.29, 1.82) is 0 Å². The van der Waals surface area contributed by atoms with Gasteiger partial charge in [0.1, 0.15) is 12.4 Å². The summed E-state index contributed by atoms with van der Waals surface area (Å²) in [4.78, 5) is 0. The summed E-state index contributed by atoms with van der Waals surface area (Å²) in [7, 11) is 0. The fourth-order valence-electron chi connectivity index (χ4n) is 2.17. The molecule has 2 rings (SSSR count). The van der Waals surface area contributed by atoms with Crippen molar-refractivity contribution < 1.29 is 9.84 Å². The van der Waals surface area contributed by atoms with Gasteiger partial charge in [-0.1, -0.05) is 35.9 Å². The number of halogens is 1. The molecule has 130 valence electrons. The van der Waals surface area contributed by atoms with Crippen molar-refractivity contribution in [3.63, 3.8) is 0 Å². The van der Waals surface area contributed by atoms with E-state index in [2.05, 4.69) is 22.8 Å². The van der Waals surface area contributed by atoms with E-state index in [0.717, 1.165) is 36.0 Å². The summed E-state index contributed by atoms with van der Waals surface area (Å²) in [6, 6.07) is 15.8. The van der Waals surface area contributed by atoms with E-state index in [-0.39, 0.29) is 6.10 Å². The molecule has 0 heterocycles. The quantitative estimate of drug-likeness (QED) is 0.578. The third-order valence-corrected chi connectivity index (χ3v) is 3.74. The highest BCUT2D eigenvalue weighted by atomic mass is 35.5. The standard InChI is InChI=1S/C19H25ClN2O2/c1-15(23)12-21-10-11-22-13-16-4-8-19(9-5-16)24-14-17-2-6-18(20)7-3-17/h2-9,15,21-23H,10-14H2,1H3/t15-/m1/s1. The monoisotopic (exact) mass is 348 g/mol. The Hall–Kier alpha value is -1.59. The van der Waals surface area contributed by atoms with Gasteiger partial charge in [0.2, 0.25) is 0 Å². The summed E-state index contributed by atoms with van der Waals surface area (Å²) in [6.07, 6.45) is -0.301. The van der Waals surface area contributed by atoms with E-state index >= 15 is 0 Å². The van der Waals surface area contributed by atoms with Crippen molar-refractivity contribution in [2.75, 3.05) is 19.6 Å². The van der Waals surface area contributed by atoms with E-state index in [1.807, 2.05) is 36.4 Å². The molecule has 24 heavy (non-hydrogen) atoms. The topological polar surface area (TPSA) is 53.5 Å². The maximum atomic E-state index is 9.14. The molecule has 1 atom stereocenters. The Morgan fingerprint density at radius 1 is 0.958 bits per heavy atom. The fourth-order valence-corrected chi connectivity index (χ4v) is 2.30. The number of benzene rings is 2. The van der Waals surface area contributed by atoms with Crippen LogP contribution in [0, 0.1) is 0 Å². The summed E-state index contributed by atoms with van der Waals surface area (Å²) >= 11 is 5.87. The van der Waals surface area contributed by atoms with Gasteiger partial charge in [-0.15, -0.1) is 0 Å². The molecule has 4 nitrogen and oxygen atoms in total. The molecule has 0 spiro atoms. The molecule has 3 N–H and O–H groups in total. The lowest BCUT2D eigenvalue weighted by molar-refractivity contribution is 0.191. The van der Waals surface area contributed by atoms with Gasteiger partial charge in [-0.3, -0.25) is 0 Å². The minimum absolute atomic E-state index is 0.301. The molecule has 0 bridgehead atoms. The van der Waals surface area contributed by atoms with Crippen LogP contribution in [0.2, 0.25) is 5.02 Å². The third kappa shape index (κ3) is 7.32. The molecule has 0 saturated carbocycles. The van der Waals surface area contributed by atoms with Crippen LogP contribution >= 0.6 is 11.6 Å². The van der Waals surface area contributed by atoms with Crippen LogP contribution in [-0.2, 0) is 13.2 Å². The number of rotatable bonds is 10. The number of nitrogens with one attached hydrogen (secondary N) is 2. The minimum atomic E-state index is -0.301. The van der Waals surface area contributed by atoms with Gasteiger partial charge in [-0.2, -0.15) is 0 Å². The zero-order valence-electron chi connectivity index (χ0n) is 14.0. The molecule has 0 aliphatic rings. The van der Waals surface area contributed by atoms with Gasteiger partial charge in [0.25, 0.3) is 0 Å². The van der Waals surface area contributed by atoms with E-state index in [1.54, 1.807) is 6.92 Å². The molecule has 0 aliphatic heterocycles.